The van der Waals surface area contributed by atoms with Gasteiger partial charge in [-0.2, -0.15) is 13.2 Å². The summed E-state index contributed by atoms with van der Waals surface area (Å²) in [5.41, 5.74) is 6.91. The Bertz CT molecular complexity index is 1330. The van der Waals surface area contributed by atoms with Crippen molar-refractivity contribution in [1.29, 1.82) is 0 Å². The number of hydrogen-bond donors (Lipinski definition) is 2. The number of fused-ring (bicyclic) bond motifs is 2. The van der Waals surface area contributed by atoms with Gasteiger partial charge in [0.2, 0.25) is 11.7 Å². The number of rotatable bonds is 3. The number of nitrogens with zero attached hydrogens (tertiary/aromatic N) is 7. The Morgan fingerprint density at radius 2 is 1.97 bits per heavy atom. The Kier molecular flexibility index (Phi) is 4.51. The summed E-state index contributed by atoms with van der Waals surface area (Å²) < 4.78 is 43.0. The van der Waals surface area contributed by atoms with Gasteiger partial charge in [-0.1, -0.05) is 12.1 Å². The van der Waals surface area contributed by atoms with Crippen molar-refractivity contribution in [2.45, 2.75) is 24.9 Å². The number of β-amino-alcohol motifs (C(OH)–C–C–N with tert-alkyl or cyclic N) is 1. The first kappa shape index (κ1) is 20.2. The molecule has 0 bridgehead atoms. The van der Waals surface area contributed by atoms with E-state index in [1.54, 1.807) is 16.7 Å². The molecule has 0 spiro atoms. The zero-order valence-electron chi connectivity index (χ0n) is 16.4. The molecule has 4 heterocycles. The second-order valence-corrected chi connectivity index (χ2v) is 7.52. The van der Waals surface area contributed by atoms with E-state index in [1.807, 2.05) is 0 Å². The maximum atomic E-state index is 13.5. The van der Waals surface area contributed by atoms with E-state index in [9.17, 15) is 23.1 Å². The molecule has 0 radical (unpaired) electrons. The molecule has 5 rings (SSSR count). The zero-order valence-corrected chi connectivity index (χ0v) is 16.4. The molecule has 0 aliphatic carbocycles. The molecule has 1 fully saturated rings. The van der Waals surface area contributed by atoms with Gasteiger partial charge in [-0.3, -0.25) is 4.79 Å². The van der Waals surface area contributed by atoms with Crippen molar-refractivity contribution in [2.75, 3.05) is 18.8 Å². The second-order valence-electron chi connectivity index (χ2n) is 7.52. The van der Waals surface area contributed by atoms with E-state index in [4.69, 9.17) is 5.73 Å². The summed E-state index contributed by atoms with van der Waals surface area (Å²) in [6, 6.07) is 5.51. The average molecular weight is 446 g/mol. The zero-order chi connectivity index (χ0) is 22.6. The summed E-state index contributed by atoms with van der Waals surface area (Å²) in [4.78, 5) is 30.1. The molecule has 1 aliphatic heterocycles. The SMILES string of the molecule is Nc1ncnc2c1ncn2[C@@H]1CN(C(=O)Cn2c(C(F)(F)F)nc3ccccc32)C[C@H]1O. The predicted octanol–water partition coefficient (Wildman–Crippen LogP) is 1.22. The number of para-hydroxylation sites is 2. The molecule has 3 aromatic heterocycles. The minimum Gasteiger partial charge on any atom is -0.389 e. The van der Waals surface area contributed by atoms with Crippen LogP contribution in [0.5, 0.6) is 0 Å². The van der Waals surface area contributed by atoms with Gasteiger partial charge >= 0.3 is 6.18 Å². The second kappa shape index (κ2) is 7.15. The number of nitrogen functional groups attached to an aromatic ring is 1. The number of carbonyl (C=O) groups is 1. The lowest BCUT2D eigenvalue weighted by Gasteiger charge is -2.18. The fourth-order valence-electron chi connectivity index (χ4n) is 4.05. The Labute approximate surface area is 178 Å². The number of aromatic nitrogens is 6. The van der Waals surface area contributed by atoms with Crippen molar-refractivity contribution in [2.24, 2.45) is 0 Å². The van der Waals surface area contributed by atoms with Gasteiger partial charge in [-0.15, -0.1) is 0 Å². The van der Waals surface area contributed by atoms with E-state index < -0.39 is 36.6 Å². The van der Waals surface area contributed by atoms with Crippen LogP contribution in [0.2, 0.25) is 0 Å². The fraction of sp³-hybridized carbons (Fsp3) is 0.316. The number of anilines is 1. The molecule has 0 unspecified atom stereocenters. The lowest BCUT2D eigenvalue weighted by Crippen LogP contribution is -2.33. The molecule has 1 aromatic carbocycles. The number of aliphatic hydroxyl groups excluding tert-OH is 1. The van der Waals surface area contributed by atoms with Crippen molar-refractivity contribution in [3.05, 3.63) is 42.7 Å². The van der Waals surface area contributed by atoms with Crippen LogP contribution in [0.25, 0.3) is 22.2 Å². The fourth-order valence-corrected chi connectivity index (χ4v) is 4.05. The van der Waals surface area contributed by atoms with Gasteiger partial charge in [-0.05, 0) is 12.1 Å². The molecule has 32 heavy (non-hydrogen) atoms. The van der Waals surface area contributed by atoms with Gasteiger partial charge in [0.15, 0.2) is 11.5 Å². The maximum Gasteiger partial charge on any atom is 0.449 e. The Hall–Kier alpha value is -3.74. The molecule has 1 amide bonds. The van der Waals surface area contributed by atoms with Gasteiger partial charge in [-0.25, -0.2) is 19.9 Å². The van der Waals surface area contributed by atoms with Crippen LogP contribution in [0.4, 0.5) is 19.0 Å². The molecule has 2 atom stereocenters. The quantitative estimate of drug-likeness (QED) is 0.484. The first-order valence-electron chi connectivity index (χ1n) is 9.65. The van der Waals surface area contributed by atoms with Gasteiger partial charge in [0.05, 0.1) is 29.5 Å². The highest BCUT2D eigenvalue weighted by Gasteiger charge is 2.40. The normalized spacial score (nSPS) is 19.3. The molecule has 1 aliphatic rings. The smallest absolute Gasteiger partial charge is 0.389 e. The van der Waals surface area contributed by atoms with Crippen molar-refractivity contribution >= 4 is 33.9 Å². The third-order valence-electron chi connectivity index (χ3n) is 5.56. The molecule has 10 nitrogen and oxygen atoms in total. The van der Waals surface area contributed by atoms with Crippen LogP contribution in [0, 0.1) is 0 Å². The largest absolute Gasteiger partial charge is 0.449 e. The molecule has 1 saturated heterocycles. The van der Waals surface area contributed by atoms with Crippen LogP contribution < -0.4 is 5.73 Å². The van der Waals surface area contributed by atoms with E-state index in [1.165, 1.54) is 29.7 Å². The summed E-state index contributed by atoms with van der Waals surface area (Å²) >= 11 is 0. The van der Waals surface area contributed by atoms with E-state index in [-0.39, 0.29) is 29.9 Å². The van der Waals surface area contributed by atoms with Gasteiger partial charge < -0.3 is 24.9 Å². The first-order valence-corrected chi connectivity index (χ1v) is 9.65. The highest BCUT2D eigenvalue weighted by molar-refractivity contribution is 5.82. The Balaban J connectivity index is 1.43. The standard InChI is InChI=1S/C19H17F3N8O2/c20-19(21,22)18-27-10-3-1-2-4-11(10)29(18)7-14(32)28-5-12(13(31)6-28)30-9-26-15-16(23)24-8-25-17(15)30/h1-4,8-9,12-13,31H,5-7H2,(H2,23,24,25)/t12-,13-/m1/s1. The topological polar surface area (TPSA) is 128 Å². The summed E-state index contributed by atoms with van der Waals surface area (Å²) in [5, 5.41) is 10.6. The Morgan fingerprint density at radius 1 is 1.19 bits per heavy atom. The molecular formula is C19H17F3N8O2. The average Bonchev–Trinajstić information content (AvgIpc) is 3.43. The van der Waals surface area contributed by atoms with Crippen molar-refractivity contribution in [3.8, 4) is 0 Å². The van der Waals surface area contributed by atoms with Crippen LogP contribution in [0.15, 0.2) is 36.9 Å². The van der Waals surface area contributed by atoms with Crippen LogP contribution in [0.3, 0.4) is 0 Å². The minimum atomic E-state index is -4.72. The number of halogens is 3. The molecule has 13 heteroatoms. The number of nitrogens with two attached hydrogens (primary N) is 1. The minimum absolute atomic E-state index is 0.0439. The van der Waals surface area contributed by atoms with Gasteiger partial charge in [0.1, 0.15) is 18.4 Å². The maximum absolute atomic E-state index is 13.5. The number of hydrogen-bond acceptors (Lipinski definition) is 7. The van der Waals surface area contributed by atoms with E-state index in [0.717, 1.165) is 4.57 Å². The third-order valence-corrected chi connectivity index (χ3v) is 5.56. The summed E-state index contributed by atoms with van der Waals surface area (Å²) in [6.45, 7) is -0.532. The molecule has 4 aromatic rings. The first-order chi connectivity index (χ1) is 15.2. The molecule has 3 N–H and O–H groups in total. The number of carbonyl (C=O) groups excluding carboxylic acids is 1. The number of likely N-dealkylation sites (tertiary alicyclic amines) is 1. The van der Waals surface area contributed by atoms with E-state index in [0.29, 0.717) is 11.2 Å². The lowest BCUT2D eigenvalue weighted by atomic mass is 10.2. The van der Waals surface area contributed by atoms with Crippen LogP contribution in [-0.2, 0) is 17.5 Å². The Morgan fingerprint density at radius 3 is 2.75 bits per heavy atom. The highest BCUT2D eigenvalue weighted by Crippen LogP contribution is 2.32. The van der Waals surface area contributed by atoms with Crippen LogP contribution in [0.1, 0.15) is 11.9 Å². The van der Waals surface area contributed by atoms with Crippen molar-refractivity contribution in [1.82, 2.24) is 34.0 Å². The summed E-state index contributed by atoms with van der Waals surface area (Å²) in [7, 11) is 0. The highest BCUT2D eigenvalue weighted by atomic mass is 19.4. The number of benzene rings is 1. The number of alkyl halides is 3. The summed E-state index contributed by atoms with van der Waals surface area (Å²) in [6.07, 6.45) is -2.97. The summed E-state index contributed by atoms with van der Waals surface area (Å²) in [5.74, 6) is -1.53. The van der Waals surface area contributed by atoms with Crippen molar-refractivity contribution in [3.63, 3.8) is 0 Å². The monoisotopic (exact) mass is 446 g/mol. The lowest BCUT2D eigenvalue weighted by molar-refractivity contribution is -0.148. The molecular weight excluding hydrogens is 429 g/mol. The number of imidazole rings is 2. The van der Waals surface area contributed by atoms with Crippen LogP contribution >= 0.6 is 0 Å². The molecule has 0 saturated carbocycles. The number of aliphatic hydroxyl groups is 1. The van der Waals surface area contributed by atoms with Crippen molar-refractivity contribution < 1.29 is 23.1 Å². The van der Waals surface area contributed by atoms with Gasteiger partial charge in [0.25, 0.3) is 0 Å². The predicted molar refractivity (Wildman–Crippen MR) is 106 cm³/mol. The van der Waals surface area contributed by atoms with Gasteiger partial charge in [0, 0.05) is 13.1 Å². The number of amides is 1. The third kappa shape index (κ3) is 3.21. The van der Waals surface area contributed by atoms with Crippen LogP contribution in [-0.4, -0.2) is 64.2 Å². The van der Waals surface area contributed by atoms with E-state index in [2.05, 4.69) is 19.9 Å². The molecule has 166 valence electrons. The van der Waals surface area contributed by atoms with E-state index >= 15 is 0 Å².